The molecule has 1 aliphatic heterocycles. The van der Waals surface area contributed by atoms with E-state index in [0.717, 1.165) is 23.4 Å². The minimum atomic E-state index is -1.02. The highest BCUT2D eigenvalue weighted by Crippen LogP contribution is 2.23. The van der Waals surface area contributed by atoms with Crippen molar-refractivity contribution in [3.05, 3.63) is 35.9 Å². The maximum absolute atomic E-state index is 12.8. The predicted molar refractivity (Wildman–Crippen MR) is 106 cm³/mol. The first-order valence-electron chi connectivity index (χ1n) is 10.1. The van der Waals surface area contributed by atoms with Crippen molar-refractivity contribution in [3.63, 3.8) is 0 Å². The van der Waals surface area contributed by atoms with Crippen LogP contribution < -0.4 is 10.7 Å². The Morgan fingerprint density at radius 2 is 1.89 bits per heavy atom. The van der Waals surface area contributed by atoms with Crippen LogP contribution >= 0.6 is 0 Å². The number of likely N-dealkylation sites (N-methyl/N-ethyl adjacent to an activating group) is 1. The van der Waals surface area contributed by atoms with E-state index in [-0.39, 0.29) is 12.5 Å². The van der Waals surface area contributed by atoms with Crippen molar-refractivity contribution in [2.24, 2.45) is 0 Å². The van der Waals surface area contributed by atoms with E-state index in [1.807, 2.05) is 42.3 Å². The summed E-state index contributed by atoms with van der Waals surface area (Å²) in [7, 11) is 1.92. The van der Waals surface area contributed by atoms with Crippen molar-refractivity contribution >= 4 is 17.8 Å². The molecular weight excluding hydrogens is 356 g/mol. The number of aryl methyl sites for hydroxylation is 1. The zero-order valence-electron chi connectivity index (χ0n) is 16.7. The lowest BCUT2D eigenvalue weighted by Crippen LogP contribution is -2.52. The molecule has 1 unspecified atom stereocenters. The topological polar surface area (TPSA) is 81.8 Å². The molecule has 2 aliphatic rings. The minimum Gasteiger partial charge on any atom is -0.322 e. The highest BCUT2D eigenvalue weighted by molar-refractivity contribution is 6.07. The molecule has 2 N–H and O–H groups in total. The monoisotopic (exact) mass is 386 g/mol. The third-order valence-electron chi connectivity index (χ3n) is 5.85. The smallest absolute Gasteiger partial charge is 0.322 e. The molecule has 4 amide bonds. The highest BCUT2D eigenvalue weighted by atomic mass is 16.2. The van der Waals surface area contributed by atoms with Crippen LogP contribution in [-0.4, -0.2) is 52.9 Å². The van der Waals surface area contributed by atoms with Crippen LogP contribution in [0.5, 0.6) is 0 Å². The maximum Gasteiger partial charge on any atom is 0.344 e. The van der Waals surface area contributed by atoms with Crippen molar-refractivity contribution in [2.45, 2.75) is 63.5 Å². The lowest BCUT2D eigenvalue weighted by Gasteiger charge is -2.31. The summed E-state index contributed by atoms with van der Waals surface area (Å²) in [6.45, 7) is 1.87. The van der Waals surface area contributed by atoms with Crippen molar-refractivity contribution < 1.29 is 14.4 Å². The Kier molecular flexibility index (Phi) is 6.34. The third-order valence-corrected chi connectivity index (χ3v) is 5.85. The molecule has 0 radical (unpaired) electrons. The normalized spacial score (nSPS) is 23.2. The van der Waals surface area contributed by atoms with Crippen molar-refractivity contribution in [2.75, 3.05) is 13.6 Å². The molecular formula is C21H30N4O3. The van der Waals surface area contributed by atoms with Crippen LogP contribution in [0.25, 0.3) is 0 Å². The van der Waals surface area contributed by atoms with Crippen LogP contribution in [0.15, 0.2) is 30.3 Å². The zero-order chi connectivity index (χ0) is 20.1. The van der Waals surface area contributed by atoms with Crippen LogP contribution in [0.3, 0.4) is 0 Å². The Bertz CT molecular complexity index is 718. The molecule has 0 bridgehead atoms. The molecule has 7 nitrogen and oxygen atoms in total. The quantitative estimate of drug-likeness (QED) is 0.704. The van der Waals surface area contributed by atoms with Gasteiger partial charge in [0.05, 0.1) is 6.54 Å². The van der Waals surface area contributed by atoms with E-state index in [1.54, 1.807) is 6.92 Å². The molecule has 1 atom stereocenters. The lowest BCUT2D eigenvalue weighted by atomic mass is 9.93. The van der Waals surface area contributed by atoms with Gasteiger partial charge in [0.15, 0.2) is 0 Å². The lowest BCUT2D eigenvalue weighted by molar-refractivity contribution is -0.139. The SMILES string of the molecule is CN(CC(=O)NN1C(=O)NC(C)(CCc2ccccc2)C1=O)C1CCCCC1. The molecule has 0 spiro atoms. The third kappa shape index (κ3) is 4.70. The number of hydrogen-bond donors (Lipinski definition) is 2. The van der Waals surface area contributed by atoms with E-state index in [2.05, 4.69) is 10.7 Å². The van der Waals surface area contributed by atoms with Gasteiger partial charge in [-0.3, -0.25) is 19.9 Å². The van der Waals surface area contributed by atoms with Crippen LogP contribution in [0.4, 0.5) is 4.79 Å². The number of imide groups is 1. The van der Waals surface area contributed by atoms with Crippen molar-refractivity contribution in [1.29, 1.82) is 0 Å². The van der Waals surface area contributed by atoms with Gasteiger partial charge >= 0.3 is 6.03 Å². The van der Waals surface area contributed by atoms with Gasteiger partial charge in [0.2, 0.25) is 0 Å². The summed E-state index contributed by atoms with van der Waals surface area (Å²) in [5.74, 6) is -0.758. The molecule has 1 aliphatic carbocycles. The van der Waals surface area contributed by atoms with Crippen LogP contribution in [-0.2, 0) is 16.0 Å². The summed E-state index contributed by atoms with van der Waals surface area (Å²) >= 11 is 0. The maximum atomic E-state index is 12.8. The second-order valence-corrected chi connectivity index (χ2v) is 8.13. The van der Waals surface area contributed by atoms with Crippen LogP contribution in [0.2, 0.25) is 0 Å². The van der Waals surface area contributed by atoms with Gasteiger partial charge in [-0.15, -0.1) is 0 Å². The van der Waals surface area contributed by atoms with E-state index in [9.17, 15) is 14.4 Å². The van der Waals surface area contributed by atoms with Gasteiger partial charge in [-0.05, 0) is 45.2 Å². The standard InChI is InChI=1S/C21H30N4O3/c1-21(14-13-16-9-5-3-6-10-16)19(27)25(20(28)22-21)23-18(26)15-24(2)17-11-7-4-8-12-17/h3,5-6,9-10,17H,4,7-8,11-15H2,1-2H3,(H,22,28)(H,23,26). The minimum absolute atomic E-state index is 0.169. The average molecular weight is 386 g/mol. The predicted octanol–water partition coefficient (Wildman–Crippen LogP) is 2.23. The molecule has 28 heavy (non-hydrogen) atoms. The molecule has 1 saturated carbocycles. The number of amides is 4. The number of benzene rings is 1. The van der Waals surface area contributed by atoms with Gasteiger partial charge in [-0.1, -0.05) is 49.6 Å². The summed E-state index contributed by atoms with van der Waals surface area (Å²) in [6.07, 6.45) is 6.92. The summed E-state index contributed by atoms with van der Waals surface area (Å²) in [5.41, 5.74) is 2.57. The number of nitrogens with one attached hydrogen (secondary N) is 2. The fourth-order valence-electron chi connectivity index (χ4n) is 4.03. The van der Waals surface area contributed by atoms with E-state index < -0.39 is 17.5 Å². The van der Waals surface area contributed by atoms with Gasteiger partial charge in [-0.2, -0.15) is 5.01 Å². The first-order chi connectivity index (χ1) is 13.4. The Hall–Kier alpha value is -2.41. The Morgan fingerprint density at radius 1 is 1.21 bits per heavy atom. The Labute approximate surface area is 166 Å². The number of urea groups is 1. The fourth-order valence-corrected chi connectivity index (χ4v) is 4.03. The molecule has 2 fully saturated rings. The number of rotatable bonds is 7. The van der Waals surface area contributed by atoms with E-state index in [1.165, 1.54) is 19.3 Å². The van der Waals surface area contributed by atoms with Gasteiger partial charge in [0.25, 0.3) is 11.8 Å². The zero-order valence-corrected chi connectivity index (χ0v) is 16.7. The highest BCUT2D eigenvalue weighted by Gasteiger charge is 2.48. The largest absolute Gasteiger partial charge is 0.344 e. The van der Waals surface area contributed by atoms with Gasteiger partial charge < -0.3 is 5.32 Å². The number of hydrogen-bond acceptors (Lipinski definition) is 4. The summed E-state index contributed by atoms with van der Waals surface area (Å²) in [6, 6.07) is 9.63. The van der Waals surface area contributed by atoms with Crippen LogP contribution in [0.1, 0.15) is 51.0 Å². The van der Waals surface area contributed by atoms with Gasteiger partial charge in [0, 0.05) is 6.04 Å². The van der Waals surface area contributed by atoms with Crippen molar-refractivity contribution in [3.8, 4) is 0 Å². The summed E-state index contributed by atoms with van der Waals surface area (Å²) in [4.78, 5) is 39.5. The molecule has 1 saturated heterocycles. The first-order valence-corrected chi connectivity index (χ1v) is 10.1. The van der Waals surface area contributed by atoms with Crippen molar-refractivity contribution in [1.82, 2.24) is 20.7 Å². The number of carbonyl (C=O) groups excluding carboxylic acids is 3. The fraction of sp³-hybridized carbons (Fsp3) is 0.571. The van der Waals surface area contributed by atoms with E-state index >= 15 is 0 Å². The molecule has 0 aromatic heterocycles. The van der Waals surface area contributed by atoms with Gasteiger partial charge in [0.1, 0.15) is 5.54 Å². The summed E-state index contributed by atoms with van der Waals surface area (Å²) in [5, 5.41) is 3.57. The molecule has 1 aromatic rings. The molecule has 7 heteroatoms. The number of nitrogens with zero attached hydrogens (tertiary/aromatic N) is 2. The first kappa shape index (κ1) is 20.3. The second-order valence-electron chi connectivity index (χ2n) is 8.13. The molecule has 3 rings (SSSR count). The van der Waals surface area contributed by atoms with Crippen LogP contribution in [0, 0.1) is 0 Å². The second kappa shape index (κ2) is 8.73. The molecule has 152 valence electrons. The van der Waals surface area contributed by atoms with E-state index in [4.69, 9.17) is 0 Å². The Balaban J connectivity index is 1.54. The molecule has 1 heterocycles. The molecule has 1 aromatic carbocycles. The number of carbonyl (C=O) groups is 3. The Morgan fingerprint density at radius 3 is 2.57 bits per heavy atom. The number of hydrazine groups is 1. The van der Waals surface area contributed by atoms with Gasteiger partial charge in [-0.25, -0.2) is 4.79 Å². The van der Waals surface area contributed by atoms with E-state index in [0.29, 0.717) is 18.9 Å². The summed E-state index contributed by atoms with van der Waals surface area (Å²) < 4.78 is 0. The average Bonchev–Trinajstić information content (AvgIpc) is 2.91.